The van der Waals surface area contributed by atoms with E-state index in [9.17, 15) is 0 Å². The first kappa shape index (κ1) is 21.8. The van der Waals surface area contributed by atoms with Crippen molar-refractivity contribution >= 4 is 41.3 Å². The second-order valence-electron chi connectivity index (χ2n) is 6.36. The number of guanidine groups is 1. The van der Waals surface area contributed by atoms with Gasteiger partial charge in [-0.05, 0) is 43.8 Å². The lowest BCUT2D eigenvalue weighted by Gasteiger charge is -2.13. The molecule has 1 aromatic heterocycles. The molecule has 2 N–H and O–H groups in total. The van der Waals surface area contributed by atoms with E-state index in [0.29, 0.717) is 6.54 Å². The number of ether oxygens (including phenoxy) is 2. The smallest absolute Gasteiger partial charge is 0.191 e. The van der Waals surface area contributed by atoms with Crippen LogP contribution in [0.15, 0.2) is 34.6 Å². The highest BCUT2D eigenvalue weighted by Crippen LogP contribution is 2.35. The number of hydrogen-bond acceptors (Lipinski definition) is 4. The predicted molar refractivity (Wildman–Crippen MR) is 123 cm³/mol. The lowest BCUT2D eigenvalue weighted by atomic mass is 10.1. The van der Waals surface area contributed by atoms with E-state index in [1.165, 1.54) is 10.4 Å². The van der Waals surface area contributed by atoms with Crippen molar-refractivity contribution in [2.75, 3.05) is 20.2 Å². The number of thiophene rings is 1. The van der Waals surface area contributed by atoms with Crippen LogP contribution in [-0.2, 0) is 19.4 Å². The quantitative estimate of drug-likeness (QED) is 0.342. The zero-order valence-corrected chi connectivity index (χ0v) is 19.2. The molecule has 1 aromatic carbocycles. The summed E-state index contributed by atoms with van der Waals surface area (Å²) in [5.74, 6) is 2.65. The summed E-state index contributed by atoms with van der Waals surface area (Å²) in [6.45, 7) is 6.39. The highest BCUT2D eigenvalue weighted by molar-refractivity contribution is 14.0. The Hall–Kier alpha value is -1.48. The monoisotopic (exact) mass is 501 g/mol. The van der Waals surface area contributed by atoms with Crippen LogP contribution in [0.5, 0.6) is 11.5 Å². The van der Waals surface area contributed by atoms with Gasteiger partial charge in [0.2, 0.25) is 0 Å². The molecule has 1 atom stereocenters. The van der Waals surface area contributed by atoms with Crippen molar-refractivity contribution in [3.63, 3.8) is 0 Å². The first-order valence-corrected chi connectivity index (χ1v) is 9.98. The fourth-order valence-corrected chi connectivity index (χ4v) is 3.77. The number of hydrogen-bond donors (Lipinski definition) is 2. The number of nitrogens with zero attached hydrogens (tertiary/aromatic N) is 1. The largest absolute Gasteiger partial charge is 0.496 e. The Labute approximate surface area is 182 Å². The molecule has 2 heterocycles. The maximum absolute atomic E-state index is 5.87. The van der Waals surface area contributed by atoms with E-state index in [0.717, 1.165) is 49.0 Å². The zero-order valence-electron chi connectivity index (χ0n) is 16.1. The van der Waals surface area contributed by atoms with Crippen LogP contribution in [0.25, 0.3) is 0 Å². The fourth-order valence-electron chi connectivity index (χ4n) is 3.06. The molecular formula is C20H28IN3O2S. The van der Waals surface area contributed by atoms with Crippen molar-refractivity contribution in [2.24, 2.45) is 4.99 Å². The molecule has 1 aliphatic heterocycles. The lowest BCUT2D eigenvalue weighted by molar-refractivity contribution is 0.254. The van der Waals surface area contributed by atoms with E-state index in [4.69, 9.17) is 14.5 Å². The van der Waals surface area contributed by atoms with Gasteiger partial charge in [-0.15, -0.1) is 35.3 Å². The summed E-state index contributed by atoms with van der Waals surface area (Å²) in [5.41, 5.74) is 2.25. The first-order valence-electron chi connectivity index (χ1n) is 9.10. The highest BCUT2D eigenvalue weighted by Gasteiger charge is 2.21. The minimum absolute atomic E-state index is 0. The number of nitrogens with one attached hydrogen (secondary N) is 2. The van der Waals surface area contributed by atoms with Crippen LogP contribution in [0.2, 0.25) is 0 Å². The van der Waals surface area contributed by atoms with Crippen LogP contribution in [0.1, 0.15) is 29.9 Å². The Bertz CT molecular complexity index is 750. The van der Waals surface area contributed by atoms with Gasteiger partial charge in [0.1, 0.15) is 17.6 Å². The van der Waals surface area contributed by atoms with Gasteiger partial charge in [-0.25, -0.2) is 4.99 Å². The molecule has 0 radical (unpaired) electrons. The van der Waals surface area contributed by atoms with Crippen LogP contribution < -0.4 is 20.1 Å². The molecule has 5 nitrogen and oxygen atoms in total. The summed E-state index contributed by atoms with van der Waals surface area (Å²) in [6, 6.07) is 8.40. The highest BCUT2D eigenvalue weighted by atomic mass is 127. The Kier molecular flexibility index (Phi) is 8.69. The van der Waals surface area contributed by atoms with Gasteiger partial charge in [-0.2, -0.15) is 0 Å². The molecule has 7 heteroatoms. The fraction of sp³-hybridized carbons (Fsp3) is 0.450. The van der Waals surface area contributed by atoms with E-state index >= 15 is 0 Å². The minimum atomic E-state index is 0. The maximum atomic E-state index is 5.87. The summed E-state index contributed by atoms with van der Waals surface area (Å²) in [5, 5.41) is 8.81. The van der Waals surface area contributed by atoms with Gasteiger partial charge in [0, 0.05) is 35.5 Å². The van der Waals surface area contributed by atoms with E-state index in [-0.39, 0.29) is 30.1 Å². The number of halogens is 1. The van der Waals surface area contributed by atoms with Crippen LogP contribution in [0, 0.1) is 0 Å². The van der Waals surface area contributed by atoms with Crippen molar-refractivity contribution in [2.45, 2.75) is 39.3 Å². The van der Waals surface area contributed by atoms with Crippen LogP contribution in [0.3, 0.4) is 0 Å². The molecule has 148 valence electrons. The molecule has 0 fully saturated rings. The Morgan fingerprint density at radius 2 is 2.22 bits per heavy atom. The average molecular weight is 501 g/mol. The molecule has 0 saturated heterocycles. The third-order valence-electron chi connectivity index (χ3n) is 4.29. The zero-order chi connectivity index (χ0) is 18.4. The van der Waals surface area contributed by atoms with Crippen molar-refractivity contribution in [1.82, 2.24) is 10.6 Å². The second-order valence-corrected chi connectivity index (χ2v) is 7.39. The molecule has 0 amide bonds. The standard InChI is InChI=1S/C20H27N3O2S.HI/c1-4-21-20(22-8-7-17-6-5-9-26-17)23-13-16-12-19-15(10-14(2)25-19)11-18(16)24-3;/h5-6,9,11-12,14H,4,7-8,10,13H2,1-3H3,(H2,21,22,23);1H. The molecule has 0 saturated carbocycles. The van der Waals surface area contributed by atoms with E-state index < -0.39 is 0 Å². The van der Waals surface area contributed by atoms with Gasteiger partial charge < -0.3 is 20.1 Å². The topological polar surface area (TPSA) is 54.9 Å². The summed E-state index contributed by atoms with van der Waals surface area (Å²) in [6.07, 6.45) is 2.16. The van der Waals surface area contributed by atoms with E-state index in [1.807, 2.05) is 0 Å². The number of methoxy groups -OCH3 is 1. The van der Waals surface area contributed by atoms with Crippen LogP contribution in [0.4, 0.5) is 0 Å². The van der Waals surface area contributed by atoms with E-state index in [2.05, 4.69) is 54.1 Å². The Morgan fingerprint density at radius 3 is 2.93 bits per heavy atom. The Morgan fingerprint density at radius 1 is 1.37 bits per heavy atom. The summed E-state index contributed by atoms with van der Waals surface area (Å²) in [4.78, 5) is 6.09. The van der Waals surface area contributed by atoms with Gasteiger partial charge in [0.15, 0.2) is 5.96 Å². The van der Waals surface area contributed by atoms with Crippen LogP contribution in [-0.4, -0.2) is 32.3 Å². The molecule has 2 aromatic rings. The molecular weight excluding hydrogens is 473 g/mol. The normalized spacial score (nSPS) is 15.5. The first-order chi connectivity index (χ1) is 12.7. The van der Waals surface area contributed by atoms with Gasteiger partial charge in [-0.1, -0.05) is 6.07 Å². The molecule has 1 unspecified atom stereocenters. The van der Waals surface area contributed by atoms with Gasteiger partial charge in [0.25, 0.3) is 0 Å². The summed E-state index contributed by atoms with van der Waals surface area (Å²) in [7, 11) is 1.71. The van der Waals surface area contributed by atoms with Crippen molar-refractivity contribution < 1.29 is 9.47 Å². The maximum Gasteiger partial charge on any atom is 0.191 e. The molecule has 27 heavy (non-hydrogen) atoms. The minimum Gasteiger partial charge on any atom is -0.496 e. The summed E-state index contributed by atoms with van der Waals surface area (Å²) < 4.78 is 11.4. The average Bonchev–Trinajstić information content (AvgIpc) is 3.26. The third kappa shape index (κ3) is 6.00. The number of fused-ring (bicyclic) bond motifs is 1. The number of rotatable bonds is 7. The van der Waals surface area contributed by atoms with E-state index in [1.54, 1.807) is 18.4 Å². The van der Waals surface area contributed by atoms with Crippen LogP contribution >= 0.6 is 35.3 Å². The number of aliphatic imine (C=N–C) groups is 1. The van der Waals surface area contributed by atoms with Gasteiger partial charge in [0.05, 0.1) is 13.7 Å². The third-order valence-corrected chi connectivity index (χ3v) is 5.23. The molecule has 0 aliphatic carbocycles. The molecule has 0 bridgehead atoms. The predicted octanol–water partition coefficient (Wildman–Crippen LogP) is 4.00. The second kappa shape index (κ2) is 10.8. The SMILES string of the molecule is CCNC(=NCc1cc2c(cc1OC)CC(C)O2)NCCc1cccs1.I. The Balaban J connectivity index is 0.00000261. The lowest BCUT2D eigenvalue weighted by Crippen LogP contribution is -2.38. The molecule has 3 rings (SSSR count). The van der Waals surface area contributed by atoms with Gasteiger partial charge >= 0.3 is 0 Å². The van der Waals surface area contributed by atoms with Gasteiger partial charge in [-0.3, -0.25) is 0 Å². The molecule has 1 aliphatic rings. The summed E-state index contributed by atoms with van der Waals surface area (Å²) >= 11 is 1.78. The molecule has 0 spiro atoms. The van der Waals surface area contributed by atoms with Crippen molar-refractivity contribution in [1.29, 1.82) is 0 Å². The van der Waals surface area contributed by atoms with Crippen molar-refractivity contribution in [3.05, 3.63) is 45.6 Å². The number of benzene rings is 1. The van der Waals surface area contributed by atoms with Crippen molar-refractivity contribution in [3.8, 4) is 11.5 Å².